The highest BCUT2D eigenvalue weighted by atomic mass is 16.3. The summed E-state index contributed by atoms with van der Waals surface area (Å²) in [5.74, 6) is 0.260. The van der Waals surface area contributed by atoms with E-state index in [1.807, 2.05) is 0 Å². The SMILES string of the molecule is O=CC1CCCCC(O)CCC1. The maximum absolute atomic E-state index is 10.6. The van der Waals surface area contributed by atoms with Gasteiger partial charge in [0.05, 0.1) is 6.10 Å². The van der Waals surface area contributed by atoms with Crippen LogP contribution < -0.4 is 0 Å². The highest BCUT2D eigenvalue weighted by molar-refractivity contribution is 5.53. The lowest BCUT2D eigenvalue weighted by molar-refractivity contribution is -0.111. The van der Waals surface area contributed by atoms with Gasteiger partial charge >= 0.3 is 0 Å². The van der Waals surface area contributed by atoms with Crippen molar-refractivity contribution in [2.24, 2.45) is 5.92 Å². The van der Waals surface area contributed by atoms with Crippen molar-refractivity contribution in [3.8, 4) is 0 Å². The molecule has 0 heterocycles. The minimum absolute atomic E-state index is 0.115. The van der Waals surface area contributed by atoms with Crippen LogP contribution in [0.2, 0.25) is 0 Å². The summed E-state index contributed by atoms with van der Waals surface area (Å²) < 4.78 is 0. The van der Waals surface area contributed by atoms with E-state index in [2.05, 4.69) is 0 Å². The first-order valence-corrected chi connectivity index (χ1v) is 4.96. The van der Waals surface area contributed by atoms with Crippen molar-refractivity contribution in [3.05, 3.63) is 0 Å². The number of hydrogen-bond acceptors (Lipinski definition) is 2. The lowest BCUT2D eigenvalue weighted by Gasteiger charge is -2.07. The van der Waals surface area contributed by atoms with Gasteiger partial charge in [-0.25, -0.2) is 0 Å². The van der Waals surface area contributed by atoms with Gasteiger partial charge in [-0.1, -0.05) is 19.3 Å². The molecule has 0 aromatic rings. The first kappa shape index (κ1) is 9.72. The molecule has 2 heteroatoms. The van der Waals surface area contributed by atoms with Crippen molar-refractivity contribution in [2.75, 3.05) is 0 Å². The Morgan fingerprint density at radius 2 is 1.58 bits per heavy atom. The molecule has 12 heavy (non-hydrogen) atoms. The molecule has 0 radical (unpaired) electrons. The summed E-state index contributed by atoms with van der Waals surface area (Å²) in [6.07, 6.45) is 7.94. The molecule has 1 fully saturated rings. The topological polar surface area (TPSA) is 37.3 Å². The molecule has 0 amide bonds. The van der Waals surface area contributed by atoms with Gasteiger partial charge in [0.1, 0.15) is 6.29 Å². The molecule has 1 aliphatic rings. The quantitative estimate of drug-likeness (QED) is 0.610. The summed E-state index contributed by atoms with van der Waals surface area (Å²) in [5.41, 5.74) is 0. The van der Waals surface area contributed by atoms with Crippen molar-refractivity contribution in [1.82, 2.24) is 0 Å². The van der Waals surface area contributed by atoms with Crippen LogP contribution >= 0.6 is 0 Å². The van der Waals surface area contributed by atoms with Crippen LogP contribution in [0, 0.1) is 5.92 Å². The van der Waals surface area contributed by atoms with Crippen LogP contribution in [0.15, 0.2) is 0 Å². The maximum Gasteiger partial charge on any atom is 0.123 e. The molecule has 2 nitrogen and oxygen atoms in total. The average molecular weight is 170 g/mol. The van der Waals surface area contributed by atoms with E-state index in [0.717, 1.165) is 51.2 Å². The Morgan fingerprint density at radius 1 is 1.00 bits per heavy atom. The zero-order valence-corrected chi connectivity index (χ0v) is 7.54. The van der Waals surface area contributed by atoms with Crippen molar-refractivity contribution < 1.29 is 9.90 Å². The summed E-state index contributed by atoms with van der Waals surface area (Å²) >= 11 is 0. The molecular weight excluding hydrogens is 152 g/mol. The van der Waals surface area contributed by atoms with Gasteiger partial charge in [-0.3, -0.25) is 0 Å². The van der Waals surface area contributed by atoms with Crippen molar-refractivity contribution >= 4 is 6.29 Å². The van der Waals surface area contributed by atoms with E-state index in [1.165, 1.54) is 0 Å². The number of aldehydes is 1. The average Bonchev–Trinajstić information content (AvgIpc) is 2.17. The molecule has 1 N–H and O–H groups in total. The van der Waals surface area contributed by atoms with Gasteiger partial charge in [0, 0.05) is 5.92 Å². The fourth-order valence-corrected chi connectivity index (χ4v) is 1.83. The second kappa shape index (κ2) is 5.31. The van der Waals surface area contributed by atoms with Crippen LogP contribution in [0.4, 0.5) is 0 Å². The largest absolute Gasteiger partial charge is 0.393 e. The normalized spacial score (nSPS) is 33.1. The van der Waals surface area contributed by atoms with Gasteiger partial charge in [-0.15, -0.1) is 0 Å². The third-order valence-corrected chi connectivity index (χ3v) is 2.67. The number of rotatable bonds is 1. The van der Waals surface area contributed by atoms with Crippen LogP contribution in [0.5, 0.6) is 0 Å². The van der Waals surface area contributed by atoms with Crippen LogP contribution in [0.1, 0.15) is 44.9 Å². The van der Waals surface area contributed by atoms with Gasteiger partial charge in [-0.05, 0) is 25.7 Å². The second-order valence-corrected chi connectivity index (χ2v) is 3.77. The zero-order chi connectivity index (χ0) is 8.81. The molecular formula is C10H18O2. The van der Waals surface area contributed by atoms with Crippen LogP contribution in [0.3, 0.4) is 0 Å². The first-order valence-electron chi connectivity index (χ1n) is 4.96. The predicted octanol–water partition coefficient (Wildman–Crippen LogP) is 1.91. The first-order chi connectivity index (χ1) is 5.83. The molecule has 1 aliphatic carbocycles. The highest BCUT2D eigenvalue weighted by Crippen LogP contribution is 2.20. The lowest BCUT2D eigenvalue weighted by Crippen LogP contribution is -2.05. The Hall–Kier alpha value is -0.370. The molecule has 0 aliphatic heterocycles. The Kier molecular flexibility index (Phi) is 4.30. The fourth-order valence-electron chi connectivity index (χ4n) is 1.83. The Morgan fingerprint density at radius 3 is 2.33 bits per heavy atom. The molecule has 0 aromatic heterocycles. The number of carbonyl (C=O) groups excluding carboxylic acids is 1. The van der Waals surface area contributed by atoms with Crippen LogP contribution in [-0.2, 0) is 4.79 Å². The summed E-state index contributed by atoms with van der Waals surface area (Å²) in [6.45, 7) is 0. The van der Waals surface area contributed by atoms with Gasteiger partial charge < -0.3 is 9.90 Å². The van der Waals surface area contributed by atoms with Gasteiger partial charge in [-0.2, -0.15) is 0 Å². The smallest absolute Gasteiger partial charge is 0.123 e. The van der Waals surface area contributed by atoms with E-state index in [-0.39, 0.29) is 12.0 Å². The number of carbonyl (C=O) groups is 1. The Labute approximate surface area is 74.0 Å². The van der Waals surface area contributed by atoms with E-state index < -0.39 is 0 Å². The predicted molar refractivity (Wildman–Crippen MR) is 47.9 cm³/mol. The summed E-state index contributed by atoms with van der Waals surface area (Å²) in [7, 11) is 0. The highest BCUT2D eigenvalue weighted by Gasteiger charge is 2.12. The molecule has 1 rings (SSSR count). The second-order valence-electron chi connectivity index (χ2n) is 3.77. The number of aliphatic hydroxyl groups excluding tert-OH is 1. The van der Waals surface area contributed by atoms with Gasteiger partial charge in [0.25, 0.3) is 0 Å². The van der Waals surface area contributed by atoms with Gasteiger partial charge in [0.15, 0.2) is 0 Å². The van der Waals surface area contributed by atoms with Crippen LogP contribution in [0.25, 0.3) is 0 Å². The molecule has 0 aromatic carbocycles. The molecule has 1 saturated carbocycles. The Bertz CT molecular complexity index is 134. The lowest BCUT2D eigenvalue weighted by atomic mass is 9.99. The Balaban J connectivity index is 2.31. The fraction of sp³-hybridized carbons (Fsp3) is 0.900. The minimum atomic E-state index is -0.115. The van der Waals surface area contributed by atoms with Crippen molar-refractivity contribution in [1.29, 1.82) is 0 Å². The molecule has 0 saturated heterocycles. The number of hydrogen-bond donors (Lipinski definition) is 1. The van der Waals surface area contributed by atoms with E-state index >= 15 is 0 Å². The molecule has 0 spiro atoms. The van der Waals surface area contributed by atoms with Crippen LogP contribution in [-0.4, -0.2) is 17.5 Å². The zero-order valence-electron chi connectivity index (χ0n) is 7.54. The van der Waals surface area contributed by atoms with E-state index in [4.69, 9.17) is 0 Å². The van der Waals surface area contributed by atoms with E-state index in [9.17, 15) is 9.90 Å². The van der Waals surface area contributed by atoms with Crippen molar-refractivity contribution in [2.45, 2.75) is 51.0 Å². The monoisotopic (exact) mass is 170 g/mol. The summed E-state index contributed by atoms with van der Waals surface area (Å²) in [5, 5.41) is 9.41. The summed E-state index contributed by atoms with van der Waals surface area (Å²) in [6, 6.07) is 0. The third kappa shape index (κ3) is 3.35. The molecule has 70 valence electrons. The summed E-state index contributed by atoms with van der Waals surface area (Å²) in [4.78, 5) is 10.6. The van der Waals surface area contributed by atoms with E-state index in [0.29, 0.717) is 0 Å². The van der Waals surface area contributed by atoms with E-state index in [1.54, 1.807) is 0 Å². The minimum Gasteiger partial charge on any atom is -0.393 e. The van der Waals surface area contributed by atoms with Gasteiger partial charge in [0.2, 0.25) is 0 Å². The standard InChI is InChI=1S/C10H18O2/c11-8-9-4-1-2-6-10(12)7-3-5-9/h8-10,12H,1-7H2. The molecule has 0 bridgehead atoms. The molecule has 2 unspecified atom stereocenters. The third-order valence-electron chi connectivity index (χ3n) is 2.67. The maximum atomic E-state index is 10.6. The van der Waals surface area contributed by atoms with Crippen molar-refractivity contribution in [3.63, 3.8) is 0 Å². The number of aliphatic hydroxyl groups is 1. The molecule has 2 atom stereocenters.